The van der Waals surface area contributed by atoms with Crippen LogP contribution in [-0.2, 0) is 0 Å². The number of ether oxygens (including phenoxy) is 1. The Balaban J connectivity index is 1.69. The normalized spacial score (nSPS) is 10.7. The van der Waals surface area contributed by atoms with Crippen molar-refractivity contribution < 1.29 is 9.53 Å². The summed E-state index contributed by atoms with van der Waals surface area (Å²) >= 11 is 0. The maximum atomic E-state index is 12.7. The second-order valence-corrected chi connectivity index (χ2v) is 6.18. The molecule has 0 bridgehead atoms. The first kappa shape index (κ1) is 16.8. The SMILES string of the molecule is COc1cccc(NC(=O)c2cnn3c(-c4ccc(C)cc4)ccnc23)c1. The summed E-state index contributed by atoms with van der Waals surface area (Å²) in [6, 6.07) is 17.2. The topological polar surface area (TPSA) is 68.5 Å². The number of benzene rings is 2. The van der Waals surface area contributed by atoms with Crippen molar-refractivity contribution in [2.24, 2.45) is 0 Å². The van der Waals surface area contributed by atoms with Gasteiger partial charge in [-0.1, -0.05) is 35.9 Å². The van der Waals surface area contributed by atoms with Crippen LogP contribution in [0.1, 0.15) is 15.9 Å². The summed E-state index contributed by atoms with van der Waals surface area (Å²) in [5, 5.41) is 7.25. The van der Waals surface area contributed by atoms with E-state index in [2.05, 4.69) is 15.4 Å². The summed E-state index contributed by atoms with van der Waals surface area (Å²) < 4.78 is 6.88. The van der Waals surface area contributed by atoms with E-state index in [1.165, 1.54) is 11.8 Å². The number of amides is 1. The largest absolute Gasteiger partial charge is 0.497 e. The first-order chi connectivity index (χ1) is 13.2. The van der Waals surface area contributed by atoms with Crippen molar-refractivity contribution in [3.63, 3.8) is 0 Å². The van der Waals surface area contributed by atoms with E-state index in [-0.39, 0.29) is 5.91 Å². The van der Waals surface area contributed by atoms with Crippen molar-refractivity contribution in [2.45, 2.75) is 6.92 Å². The van der Waals surface area contributed by atoms with Crippen LogP contribution < -0.4 is 10.1 Å². The number of nitrogens with one attached hydrogen (secondary N) is 1. The van der Waals surface area contributed by atoms with Crippen molar-refractivity contribution in [1.29, 1.82) is 0 Å². The fourth-order valence-corrected chi connectivity index (χ4v) is 2.89. The zero-order valence-corrected chi connectivity index (χ0v) is 15.0. The predicted molar refractivity (Wildman–Crippen MR) is 104 cm³/mol. The Morgan fingerprint density at radius 2 is 1.93 bits per heavy atom. The van der Waals surface area contributed by atoms with Crippen LogP contribution in [0.2, 0.25) is 0 Å². The van der Waals surface area contributed by atoms with Crippen LogP contribution in [0, 0.1) is 6.92 Å². The zero-order valence-electron chi connectivity index (χ0n) is 15.0. The molecule has 2 aromatic heterocycles. The van der Waals surface area contributed by atoms with Crippen molar-refractivity contribution in [3.05, 3.63) is 78.1 Å². The number of hydrogen-bond acceptors (Lipinski definition) is 4. The lowest BCUT2D eigenvalue weighted by molar-refractivity contribution is 0.102. The Morgan fingerprint density at radius 3 is 2.70 bits per heavy atom. The van der Waals surface area contributed by atoms with Crippen LogP contribution in [0.3, 0.4) is 0 Å². The minimum Gasteiger partial charge on any atom is -0.497 e. The van der Waals surface area contributed by atoms with E-state index in [0.29, 0.717) is 22.6 Å². The number of hydrogen-bond donors (Lipinski definition) is 1. The van der Waals surface area contributed by atoms with Crippen LogP contribution in [0.25, 0.3) is 16.9 Å². The van der Waals surface area contributed by atoms with Crippen LogP contribution in [0.15, 0.2) is 67.0 Å². The summed E-state index contributed by atoms with van der Waals surface area (Å²) in [6.45, 7) is 2.04. The summed E-state index contributed by atoms with van der Waals surface area (Å²) in [6.07, 6.45) is 3.23. The van der Waals surface area contributed by atoms with Gasteiger partial charge in [-0.3, -0.25) is 4.79 Å². The molecule has 1 amide bonds. The fraction of sp³-hybridized carbons (Fsp3) is 0.0952. The van der Waals surface area contributed by atoms with Crippen molar-refractivity contribution >= 4 is 17.2 Å². The Bertz CT molecular complexity index is 1120. The maximum absolute atomic E-state index is 12.7. The average Bonchev–Trinajstić information content (AvgIpc) is 3.13. The van der Waals surface area contributed by atoms with Crippen molar-refractivity contribution in [1.82, 2.24) is 14.6 Å². The van der Waals surface area contributed by atoms with E-state index < -0.39 is 0 Å². The molecule has 0 unspecified atom stereocenters. The minimum absolute atomic E-state index is 0.271. The lowest BCUT2D eigenvalue weighted by Gasteiger charge is -2.07. The molecule has 0 saturated heterocycles. The highest BCUT2D eigenvalue weighted by Crippen LogP contribution is 2.22. The molecule has 4 aromatic rings. The molecule has 0 spiro atoms. The highest BCUT2D eigenvalue weighted by molar-refractivity contribution is 6.08. The van der Waals surface area contributed by atoms with E-state index in [1.54, 1.807) is 30.0 Å². The molecule has 0 aliphatic heterocycles. The monoisotopic (exact) mass is 358 g/mol. The fourth-order valence-electron chi connectivity index (χ4n) is 2.89. The molecule has 6 heteroatoms. The van der Waals surface area contributed by atoms with Gasteiger partial charge in [-0.25, -0.2) is 9.50 Å². The molecule has 2 aromatic carbocycles. The van der Waals surface area contributed by atoms with E-state index >= 15 is 0 Å². The van der Waals surface area contributed by atoms with Gasteiger partial charge in [-0.2, -0.15) is 5.10 Å². The number of aromatic nitrogens is 3. The van der Waals surface area contributed by atoms with Crippen LogP contribution >= 0.6 is 0 Å². The van der Waals surface area contributed by atoms with E-state index in [9.17, 15) is 4.79 Å². The second-order valence-electron chi connectivity index (χ2n) is 6.18. The zero-order chi connectivity index (χ0) is 18.8. The molecule has 0 aliphatic rings. The molecule has 1 N–H and O–H groups in total. The number of fused-ring (bicyclic) bond motifs is 1. The third kappa shape index (κ3) is 3.25. The van der Waals surface area contributed by atoms with Crippen molar-refractivity contribution in [2.75, 3.05) is 12.4 Å². The lowest BCUT2D eigenvalue weighted by Crippen LogP contribution is -2.12. The standard InChI is InChI=1S/C21H18N4O2/c1-14-6-8-15(9-7-14)19-10-11-22-20-18(13-23-25(19)20)21(26)24-16-4-3-5-17(12-16)27-2/h3-13H,1-2H3,(H,24,26). The summed E-state index contributed by atoms with van der Waals surface area (Å²) in [7, 11) is 1.59. The minimum atomic E-state index is -0.271. The van der Waals surface area contributed by atoms with Gasteiger partial charge in [0.25, 0.3) is 5.91 Å². The van der Waals surface area contributed by atoms with Gasteiger partial charge < -0.3 is 10.1 Å². The van der Waals surface area contributed by atoms with Gasteiger partial charge in [0.1, 0.15) is 11.3 Å². The molecule has 0 aliphatic carbocycles. The van der Waals surface area contributed by atoms with Gasteiger partial charge in [0.05, 0.1) is 19.0 Å². The highest BCUT2D eigenvalue weighted by atomic mass is 16.5. The van der Waals surface area contributed by atoms with E-state index in [0.717, 1.165) is 11.3 Å². The van der Waals surface area contributed by atoms with E-state index in [1.807, 2.05) is 49.4 Å². The number of methoxy groups -OCH3 is 1. The molecular weight excluding hydrogens is 340 g/mol. The molecule has 0 saturated carbocycles. The third-order valence-corrected chi connectivity index (χ3v) is 4.32. The molecule has 27 heavy (non-hydrogen) atoms. The van der Waals surface area contributed by atoms with Gasteiger partial charge >= 0.3 is 0 Å². The van der Waals surface area contributed by atoms with E-state index in [4.69, 9.17) is 4.74 Å². The van der Waals surface area contributed by atoms with Gasteiger partial charge in [-0.05, 0) is 25.1 Å². The molecule has 2 heterocycles. The Kier molecular flexibility index (Phi) is 4.30. The van der Waals surface area contributed by atoms with Gasteiger partial charge in [0.2, 0.25) is 0 Å². The smallest absolute Gasteiger partial charge is 0.261 e. The summed E-state index contributed by atoms with van der Waals surface area (Å²) in [5.74, 6) is 0.402. The Labute approximate surface area is 156 Å². The average molecular weight is 358 g/mol. The molecule has 0 radical (unpaired) electrons. The molecule has 6 nitrogen and oxygen atoms in total. The number of aryl methyl sites for hydroxylation is 1. The van der Waals surface area contributed by atoms with Gasteiger partial charge in [0, 0.05) is 23.5 Å². The number of carbonyl (C=O) groups is 1. The predicted octanol–water partition coefficient (Wildman–Crippen LogP) is 3.97. The first-order valence-corrected chi connectivity index (χ1v) is 8.51. The highest BCUT2D eigenvalue weighted by Gasteiger charge is 2.16. The van der Waals surface area contributed by atoms with Crippen molar-refractivity contribution in [3.8, 4) is 17.0 Å². The molecule has 4 rings (SSSR count). The molecular formula is C21H18N4O2. The quantitative estimate of drug-likeness (QED) is 0.599. The first-order valence-electron chi connectivity index (χ1n) is 8.51. The molecule has 0 fully saturated rings. The van der Waals surface area contributed by atoms with Crippen LogP contribution in [0.4, 0.5) is 5.69 Å². The second kappa shape index (κ2) is 6.92. The van der Waals surface area contributed by atoms with Crippen LogP contribution in [-0.4, -0.2) is 27.6 Å². The number of anilines is 1. The van der Waals surface area contributed by atoms with Crippen LogP contribution in [0.5, 0.6) is 5.75 Å². The lowest BCUT2D eigenvalue weighted by atomic mass is 10.1. The number of nitrogens with zero attached hydrogens (tertiary/aromatic N) is 3. The third-order valence-electron chi connectivity index (χ3n) is 4.32. The summed E-state index contributed by atoms with van der Waals surface area (Å²) in [4.78, 5) is 17.1. The van der Waals surface area contributed by atoms with Gasteiger partial charge in [0.15, 0.2) is 5.65 Å². The maximum Gasteiger partial charge on any atom is 0.261 e. The number of rotatable bonds is 4. The Hall–Kier alpha value is -3.67. The molecule has 0 atom stereocenters. The molecule has 134 valence electrons. The Morgan fingerprint density at radius 1 is 1.11 bits per heavy atom. The van der Waals surface area contributed by atoms with Gasteiger partial charge in [-0.15, -0.1) is 0 Å². The summed E-state index contributed by atoms with van der Waals surface area (Å²) in [5.41, 5.74) is 4.63. The number of carbonyl (C=O) groups excluding carboxylic acids is 1.